The normalized spacial score (nSPS) is 12.2. The number of quaternary nitrogens is 1. The first-order valence-electron chi connectivity index (χ1n) is 6.23. The Hall–Kier alpha value is -0.920. The van der Waals surface area contributed by atoms with E-state index in [-0.39, 0.29) is 11.7 Å². The van der Waals surface area contributed by atoms with E-state index in [9.17, 15) is 17.8 Å². The van der Waals surface area contributed by atoms with Crippen LogP contribution in [0.2, 0.25) is 0 Å². The largest absolute Gasteiger partial charge is 0.748 e. The van der Waals surface area contributed by atoms with Crippen molar-refractivity contribution in [3.8, 4) is 0 Å². The van der Waals surface area contributed by atoms with E-state index in [0.717, 1.165) is 19.4 Å². The number of nitrogens with zero attached hydrogens (tertiary/aromatic N) is 1. The number of hydrogen-bond donors (Lipinski definition) is 1. The summed E-state index contributed by atoms with van der Waals surface area (Å²) in [5.74, 6) is -0.488. The standard InChI is InChI=1S/C12H24N2O4S/c1-11(2)12(15)13-7-5-6-8-14(3,4)9-10-19(16,17)18/h1,5-10H2,2-4H3,(H-,13,15,16,17,18). The van der Waals surface area contributed by atoms with Crippen molar-refractivity contribution in [2.24, 2.45) is 0 Å². The second kappa shape index (κ2) is 7.62. The highest BCUT2D eigenvalue weighted by atomic mass is 32.2. The minimum atomic E-state index is -4.15. The van der Waals surface area contributed by atoms with Crippen LogP contribution in [-0.2, 0) is 14.9 Å². The lowest BCUT2D eigenvalue weighted by Gasteiger charge is -2.30. The lowest BCUT2D eigenvalue weighted by Crippen LogP contribution is -2.44. The molecule has 1 N–H and O–H groups in total. The third-order valence-corrected chi connectivity index (χ3v) is 3.49. The fourth-order valence-electron chi connectivity index (χ4n) is 1.49. The Balaban J connectivity index is 3.81. The molecule has 0 aromatic carbocycles. The van der Waals surface area contributed by atoms with Crippen LogP contribution in [0.5, 0.6) is 0 Å². The molecule has 0 fully saturated rings. The van der Waals surface area contributed by atoms with Crippen molar-refractivity contribution in [1.82, 2.24) is 5.32 Å². The van der Waals surface area contributed by atoms with Crippen molar-refractivity contribution >= 4 is 16.0 Å². The molecule has 1 amide bonds. The summed E-state index contributed by atoms with van der Waals surface area (Å²) in [4.78, 5) is 11.2. The molecule has 0 saturated carbocycles. The van der Waals surface area contributed by atoms with Crippen molar-refractivity contribution in [1.29, 1.82) is 0 Å². The smallest absolute Gasteiger partial charge is 0.246 e. The first kappa shape index (κ1) is 18.1. The Kier molecular flexibility index (Phi) is 7.25. The molecular weight excluding hydrogens is 268 g/mol. The molecule has 112 valence electrons. The molecule has 19 heavy (non-hydrogen) atoms. The molecule has 0 saturated heterocycles. The van der Waals surface area contributed by atoms with Gasteiger partial charge in [-0.15, -0.1) is 0 Å². The van der Waals surface area contributed by atoms with E-state index in [2.05, 4.69) is 11.9 Å². The van der Waals surface area contributed by atoms with Crippen LogP contribution in [0.3, 0.4) is 0 Å². The zero-order valence-electron chi connectivity index (χ0n) is 11.9. The summed E-state index contributed by atoms with van der Waals surface area (Å²) < 4.78 is 32.2. The first-order chi connectivity index (χ1) is 8.53. The lowest BCUT2D eigenvalue weighted by atomic mass is 10.2. The molecule has 0 aromatic heterocycles. The van der Waals surface area contributed by atoms with Gasteiger partial charge in [-0.05, 0) is 19.8 Å². The number of rotatable bonds is 9. The Labute approximate surface area is 115 Å². The van der Waals surface area contributed by atoms with Crippen molar-refractivity contribution in [3.05, 3.63) is 12.2 Å². The molecular formula is C12H24N2O4S. The van der Waals surface area contributed by atoms with Crippen molar-refractivity contribution in [2.45, 2.75) is 19.8 Å². The van der Waals surface area contributed by atoms with Gasteiger partial charge in [0, 0.05) is 12.1 Å². The Morgan fingerprint density at radius 1 is 1.26 bits per heavy atom. The van der Waals surface area contributed by atoms with Gasteiger partial charge in [0.15, 0.2) is 0 Å². The van der Waals surface area contributed by atoms with Gasteiger partial charge >= 0.3 is 0 Å². The first-order valence-corrected chi connectivity index (χ1v) is 7.80. The van der Waals surface area contributed by atoms with E-state index in [4.69, 9.17) is 0 Å². The Bertz CT molecular complexity index is 415. The van der Waals surface area contributed by atoms with E-state index in [1.165, 1.54) is 0 Å². The van der Waals surface area contributed by atoms with Crippen molar-refractivity contribution in [3.63, 3.8) is 0 Å². The van der Waals surface area contributed by atoms with Gasteiger partial charge in [0.05, 0.1) is 32.9 Å². The Morgan fingerprint density at radius 2 is 1.84 bits per heavy atom. The average molecular weight is 292 g/mol. The van der Waals surface area contributed by atoms with Gasteiger partial charge in [-0.2, -0.15) is 0 Å². The van der Waals surface area contributed by atoms with Crippen LogP contribution < -0.4 is 5.32 Å². The van der Waals surface area contributed by atoms with Crippen molar-refractivity contribution in [2.75, 3.05) is 39.5 Å². The molecule has 6 nitrogen and oxygen atoms in total. The fourth-order valence-corrected chi connectivity index (χ4v) is 2.21. The highest BCUT2D eigenvalue weighted by molar-refractivity contribution is 7.85. The molecule has 0 heterocycles. The van der Waals surface area contributed by atoms with Gasteiger partial charge in [-0.1, -0.05) is 6.58 Å². The molecule has 0 aliphatic rings. The summed E-state index contributed by atoms with van der Waals surface area (Å²) in [6, 6.07) is 0. The molecule has 0 radical (unpaired) electrons. The molecule has 7 heteroatoms. The zero-order chi connectivity index (χ0) is 15.1. The fraction of sp³-hybridized carbons (Fsp3) is 0.750. The van der Waals surface area contributed by atoms with Crippen LogP contribution in [0.1, 0.15) is 19.8 Å². The van der Waals surface area contributed by atoms with E-state index >= 15 is 0 Å². The van der Waals surface area contributed by atoms with Gasteiger partial charge < -0.3 is 14.4 Å². The molecule has 0 spiro atoms. The van der Waals surface area contributed by atoms with Crippen LogP contribution in [0, 0.1) is 0 Å². The minimum absolute atomic E-state index is 0.147. The number of unbranched alkanes of at least 4 members (excludes halogenated alkanes) is 1. The quantitative estimate of drug-likeness (QED) is 0.282. The maximum absolute atomic E-state index is 11.2. The summed E-state index contributed by atoms with van der Waals surface area (Å²) in [7, 11) is -0.373. The van der Waals surface area contributed by atoms with E-state index in [0.29, 0.717) is 23.1 Å². The van der Waals surface area contributed by atoms with Gasteiger partial charge in [-0.25, -0.2) is 8.42 Å². The predicted octanol–water partition coefficient (Wildman–Crippen LogP) is 0.0805. The summed E-state index contributed by atoms with van der Waals surface area (Å²) in [6.45, 7) is 6.84. The lowest BCUT2D eigenvalue weighted by molar-refractivity contribution is -0.888. The maximum Gasteiger partial charge on any atom is 0.246 e. The van der Waals surface area contributed by atoms with E-state index < -0.39 is 10.1 Å². The third kappa shape index (κ3) is 10.7. The predicted molar refractivity (Wildman–Crippen MR) is 73.5 cm³/mol. The summed E-state index contributed by atoms with van der Waals surface area (Å²) in [5, 5.41) is 2.73. The number of nitrogens with one attached hydrogen (secondary N) is 1. The number of carbonyl (C=O) groups excluding carboxylic acids is 1. The maximum atomic E-state index is 11.2. The number of hydrogen-bond acceptors (Lipinski definition) is 4. The molecule has 0 unspecified atom stereocenters. The Morgan fingerprint density at radius 3 is 2.32 bits per heavy atom. The zero-order valence-corrected chi connectivity index (χ0v) is 12.8. The van der Waals surface area contributed by atoms with Crippen LogP contribution in [0.15, 0.2) is 12.2 Å². The van der Waals surface area contributed by atoms with Gasteiger partial charge in [0.2, 0.25) is 5.91 Å². The monoisotopic (exact) mass is 292 g/mol. The van der Waals surface area contributed by atoms with Crippen LogP contribution in [-0.4, -0.2) is 62.8 Å². The SMILES string of the molecule is C=C(C)C(=O)NCCCC[N+](C)(C)CCS(=O)(=O)[O-]. The van der Waals surface area contributed by atoms with Gasteiger partial charge in [-0.3, -0.25) is 4.79 Å². The second-order valence-corrected chi connectivity index (χ2v) is 6.91. The van der Waals surface area contributed by atoms with Crippen LogP contribution in [0.4, 0.5) is 0 Å². The third-order valence-electron chi connectivity index (χ3n) is 2.81. The van der Waals surface area contributed by atoms with Gasteiger partial charge in [0.25, 0.3) is 0 Å². The molecule has 0 atom stereocenters. The van der Waals surface area contributed by atoms with Crippen LogP contribution in [0.25, 0.3) is 0 Å². The summed E-state index contributed by atoms with van der Waals surface area (Å²) in [6.07, 6.45) is 1.66. The average Bonchev–Trinajstić information content (AvgIpc) is 2.24. The molecule has 0 aliphatic heterocycles. The molecule has 0 rings (SSSR count). The van der Waals surface area contributed by atoms with Crippen molar-refractivity contribution < 1.29 is 22.2 Å². The minimum Gasteiger partial charge on any atom is -0.748 e. The highest BCUT2D eigenvalue weighted by Gasteiger charge is 2.15. The highest BCUT2D eigenvalue weighted by Crippen LogP contribution is 2.02. The number of amides is 1. The van der Waals surface area contributed by atoms with E-state index in [1.54, 1.807) is 6.92 Å². The molecule has 0 aliphatic carbocycles. The summed E-state index contributed by atoms with van der Waals surface area (Å²) >= 11 is 0. The summed E-state index contributed by atoms with van der Waals surface area (Å²) in [5.41, 5.74) is 0.483. The van der Waals surface area contributed by atoms with Gasteiger partial charge in [0.1, 0.15) is 10.1 Å². The van der Waals surface area contributed by atoms with E-state index in [1.807, 2.05) is 14.1 Å². The molecule has 0 bridgehead atoms. The topological polar surface area (TPSA) is 86.3 Å². The number of carbonyl (C=O) groups is 1. The second-order valence-electron chi connectivity index (χ2n) is 5.39. The molecule has 0 aromatic rings. The van der Waals surface area contributed by atoms with Crippen LogP contribution >= 0.6 is 0 Å².